The van der Waals surface area contributed by atoms with Crippen molar-refractivity contribution in [2.24, 2.45) is 0 Å². The molecule has 0 aromatic heterocycles. The number of hydrogen-bond acceptors (Lipinski definition) is 5. The smallest absolute Gasteiger partial charge is 0.255 e. The summed E-state index contributed by atoms with van der Waals surface area (Å²) in [7, 11) is -3.24. The summed E-state index contributed by atoms with van der Waals surface area (Å²) in [5.41, 5.74) is 1.44. The zero-order valence-electron chi connectivity index (χ0n) is 16.3. The van der Waals surface area contributed by atoms with Crippen LogP contribution in [0.25, 0.3) is 0 Å². The van der Waals surface area contributed by atoms with E-state index < -0.39 is 15.9 Å². The monoisotopic (exact) mass is 395 g/mol. The van der Waals surface area contributed by atoms with Crippen LogP contribution in [0, 0.1) is 0 Å². The molecule has 27 heavy (non-hydrogen) atoms. The minimum Gasteiger partial charge on any atom is -0.353 e. The van der Waals surface area contributed by atoms with Crippen molar-refractivity contribution in [3.8, 4) is 0 Å². The van der Waals surface area contributed by atoms with Gasteiger partial charge in [0.2, 0.25) is 5.91 Å². The van der Waals surface area contributed by atoms with Crippen LogP contribution >= 0.6 is 0 Å². The van der Waals surface area contributed by atoms with Crippen LogP contribution in [0.5, 0.6) is 0 Å². The molecule has 0 saturated heterocycles. The molecule has 1 aromatic carbocycles. The SMILES string of the molecule is CCN(CC)CCNC(=O)[C@@H](CCS(C)(=O)=O)N1Cc2ccccc2C1=O. The van der Waals surface area contributed by atoms with Crippen LogP contribution < -0.4 is 5.32 Å². The van der Waals surface area contributed by atoms with Gasteiger partial charge in [0.15, 0.2) is 0 Å². The van der Waals surface area contributed by atoms with Gasteiger partial charge in [-0.2, -0.15) is 0 Å². The second-order valence-electron chi connectivity index (χ2n) is 6.84. The minimum atomic E-state index is -3.24. The molecule has 2 rings (SSSR count). The van der Waals surface area contributed by atoms with Crippen molar-refractivity contribution in [3.05, 3.63) is 35.4 Å². The second kappa shape index (κ2) is 9.32. The van der Waals surface area contributed by atoms with Gasteiger partial charge >= 0.3 is 0 Å². The molecule has 8 heteroatoms. The summed E-state index contributed by atoms with van der Waals surface area (Å²) < 4.78 is 23.2. The number of sulfone groups is 1. The number of fused-ring (bicyclic) bond motifs is 1. The van der Waals surface area contributed by atoms with Crippen LogP contribution in [-0.4, -0.2) is 74.3 Å². The van der Waals surface area contributed by atoms with Gasteiger partial charge in [-0.15, -0.1) is 0 Å². The summed E-state index contributed by atoms with van der Waals surface area (Å²) in [6.45, 7) is 7.40. The van der Waals surface area contributed by atoms with Gasteiger partial charge < -0.3 is 15.1 Å². The Hall–Kier alpha value is -1.93. The summed E-state index contributed by atoms with van der Waals surface area (Å²) in [6, 6.07) is 6.44. The average Bonchev–Trinajstić information content (AvgIpc) is 2.95. The number of carbonyl (C=O) groups is 2. The quantitative estimate of drug-likeness (QED) is 0.636. The van der Waals surface area contributed by atoms with E-state index in [0.29, 0.717) is 25.2 Å². The maximum atomic E-state index is 12.8. The number of hydrogen-bond donors (Lipinski definition) is 1. The Labute approximate surface area is 161 Å². The van der Waals surface area contributed by atoms with Gasteiger partial charge in [0.05, 0.1) is 5.75 Å². The van der Waals surface area contributed by atoms with E-state index in [1.54, 1.807) is 12.1 Å². The van der Waals surface area contributed by atoms with Crippen LogP contribution in [-0.2, 0) is 21.2 Å². The molecule has 0 bridgehead atoms. The van der Waals surface area contributed by atoms with E-state index in [1.165, 1.54) is 4.90 Å². The first-order valence-electron chi connectivity index (χ1n) is 9.33. The summed E-state index contributed by atoms with van der Waals surface area (Å²) in [5.74, 6) is -0.656. The molecule has 7 nitrogen and oxygen atoms in total. The van der Waals surface area contributed by atoms with E-state index in [4.69, 9.17) is 0 Å². The van der Waals surface area contributed by atoms with Crippen molar-refractivity contribution in [2.75, 3.05) is 38.2 Å². The minimum absolute atomic E-state index is 0.0929. The fourth-order valence-electron chi connectivity index (χ4n) is 3.28. The van der Waals surface area contributed by atoms with Gasteiger partial charge in [0, 0.05) is 31.5 Å². The van der Waals surface area contributed by atoms with Crippen molar-refractivity contribution in [1.29, 1.82) is 0 Å². The number of likely N-dealkylation sites (N-methyl/N-ethyl adjacent to an activating group) is 1. The van der Waals surface area contributed by atoms with Crippen LogP contribution in [0.15, 0.2) is 24.3 Å². The molecule has 0 radical (unpaired) electrons. The van der Waals surface area contributed by atoms with Gasteiger partial charge in [0.1, 0.15) is 15.9 Å². The Kier molecular flexibility index (Phi) is 7.38. The van der Waals surface area contributed by atoms with E-state index in [2.05, 4.69) is 24.1 Å². The Morgan fingerprint density at radius 1 is 1.26 bits per heavy atom. The molecule has 0 aliphatic carbocycles. The molecule has 0 fully saturated rings. The van der Waals surface area contributed by atoms with Gasteiger partial charge in [-0.05, 0) is 31.1 Å². The van der Waals surface area contributed by atoms with Gasteiger partial charge in [0.25, 0.3) is 5.91 Å². The van der Waals surface area contributed by atoms with Gasteiger partial charge in [-0.25, -0.2) is 8.42 Å². The number of benzene rings is 1. The summed E-state index contributed by atoms with van der Waals surface area (Å²) in [4.78, 5) is 29.2. The van der Waals surface area contributed by atoms with E-state index in [1.807, 2.05) is 12.1 Å². The second-order valence-corrected chi connectivity index (χ2v) is 9.10. The third-order valence-electron chi connectivity index (χ3n) is 4.91. The predicted molar refractivity (Wildman–Crippen MR) is 105 cm³/mol. The third-order valence-corrected chi connectivity index (χ3v) is 5.89. The van der Waals surface area contributed by atoms with Crippen molar-refractivity contribution in [1.82, 2.24) is 15.1 Å². The molecule has 0 unspecified atom stereocenters. The molecule has 150 valence electrons. The molecule has 1 heterocycles. The summed E-state index contributed by atoms with van der Waals surface area (Å²) in [6.07, 6.45) is 1.23. The van der Waals surface area contributed by atoms with Crippen LogP contribution in [0.3, 0.4) is 0 Å². The third kappa shape index (κ3) is 5.77. The number of amides is 2. The highest BCUT2D eigenvalue weighted by Gasteiger charge is 2.36. The molecule has 1 aliphatic heterocycles. The number of nitrogens with one attached hydrogen (secondary N) is 1. The van der Waals surface area contributed by atoms with Crippen molar-refractivity contribution >= 4 is 21.7 Å². The molecule has 1 N–H and O–H groups in total. The molecule has 1 atom stereocenters. The number of nitrogens with zero attached hydrogens (tertiary/aromatic N) is 2. The Balaban J connectivity index is 2.10. The predicted octanol–water partition coefficient (Wildman–Crippen LogP) is 0.904. The topological polar surface area (TPSA) is 86.8 Å². The van der Waals surface area contributed by atoms with Crippen LogP contribution in [0.1, 0.15) is 36.2 Å². The molecule has 1 aromatic rings. The van der Waals surface area contributed by atoms with Crippen molar-refractivity contribution < 1.29 is 18.0 Å². The molecule has 1 aliphatic rings. The highest BCUT2D eigenvalue weighted by atomic mass is 32.2. The number of rotatable bonds is 10. The van der Waals surface area contributed by atoms with E-state index in [9.17, 15) is 18.0 Å². The maximum Gasteiger partial charge on any atom is 0.255 e. The molecular formula is C19H29N3O4S. The first-order valence-corrected chi connectivity index (χ1v) is 11.4. The maximum absolute atomic E-state index is 12.8. The molecule has 0 saturated carbocycles. The van der Waals surface area contributed by atoms with E-state index >= 15 is 0 Å². The lowest BCUT2D eigenvalue weighted by atomic mass is 10.1. The lowest BCUT2D eigenvalue weighted by molar-refractivity contribution is -0.125. The standard InChI is InChI=1S/C19H29N3O4S/c1-4-21(5-2)12-11-20-18(23)17(10-13-27(3,25)26)22-14-15-8-6-7-9-16(15)19(22)24/h6-9,17H,4-5,10-14H2,1-3H3,(H,20,23)/t17-/m1/s1. The molecular weight excluding hydrogens is 366 g/mol. The summed E-state index contributed by atoms with van der Waals surface area (Å²) >= 11 is 0. The lowest BCUT2D eigenvalue weighted by Gasteiger charge is -2.27. The Bertz CT molecular complexity index is 775. The van der Waals surface area contributed by atoms with Gasteiger partial charge in [-0.1, -0.05) is 32.0 Å². The van der Waals surface area contributed by atoms with Crippen molar-refractivity contribution in [3.63, 3.8) is 0 Å². The molecule has 2 amide bonds. The highest BCUT2D eigenvalue weighted by Crippen LogP contribution is 2.25. The summed E-state index contributed by atoms with van der Waals surface area (Å²) in [5, 5.41) is 2.87. The Morgan fingerprint density at radius 3 is 2.52 bits per heavy atom. The Morgan fingerprint density at radius 2 is 1.93 bits per heavy atom. The normalized spacial score (nSPS) is 15.1. The largest absolute Gasteiger partial charge is 0.353 e. The number of carbonyl (C=O) groups excluding carboxylic acids is 2. The zero-order chi connectivity index (χ0) is 20.0. The van der Waals surface area contributed by atoms with E-state index in [-0.39, 0.29) is 24.0 Å². The first kappa shape index (κ1) is 21.4. The first-order chi connectivity index (χ1) is 12.8. The van der Waals surface area contributed by atoms with Crippen molar-refractivity contribution in [2.45, 2.75) is 32.9 Å². The average molecular weight is 396 g/mol. The highest BCUT2D eigenvalue weighted by molar-refractivity contribution is 7.90. The van der Waals surface area contributed by atoms with E-state index in [0.717, 1.165) is 24.9 Å². The van der Waals surface area contributed by atoms with Crippen LogP contribution in [0.2, 0.25) is 0 Å². The zero-order valence-corrected chi connectivity index (χ0v) is 17.1. The lowest BCUT2D eigenvalue weighted by Crippen LogP contribution is -2.49. The molecule has 0 spiro atoms. The van der Waals surface area contributed by atoms with Crippen LogP contribution in [0.4, 0.5) is 0 Å². The van der Waals surface area contributed by atoms with Gasteiger partial charge in [-0.3, -0.25) is 9.59 Å². The fraction of sp³-hybridized carbons (Fsp3) is 0.579. The fourth-order valence-corrected chi connectivity index (χ4v) is 3.93.